The zero-order valence-corrected chi connectivity index (χ0v) is 12.2. The monoisotopic (exact) mass is 297 g/mol. The quantitative estimate of drug-likeness (QED) is 0.946. The number of nitrogens with one attached hydrogen (secondary N) is 1. The summed E-state index contributed by atoms with van der Waals surface area (Å²) in [7, 11) is -3.46. The first kappa shape index (κ1) is 12.8. The van der Waals surface area contributed by atoms with E-state index >= 15 is 0 Å². The molecule has 19 heavy (non-hydrogen) atoms. The molecule has 1 N–H and O–H groups in total. The maximum absolute atomic E-state index is 12.3. The van der Waals surface area contributed by atoms with Gasteiger partial charge in [0.25, 0.3) is 0 Å². The molecule has 5 nitrogen and oxygen atoms in total. The maximum atomic E-state index is 12.3. The summed E-state index contributed by atoms with van der Waals surface area (Å²) in [6.45, 7) is 2.53. The molecule has 1 unspecified atom stereocenters. The Morgan fingerprint density at radius 3 is 3.05 bits per heavy atom. The van der Waals surface area contributed by atoms with Crippen molar-refractivity contribution in [2.75, 3.05) is 11.3 Å². The van der Waals surface area contributed by atoms with Gasteiger partial charge < -0.3 is 0 Å². The molecule has 1 aliphatic heterocycles. The SMILES string of the molecule is CC1CCCN1S(=O)(=O)Nc1ccc2scnc2c1. The van der Waals surface area contributed by atoms with Gasteiger partial charge in [-0.05, 0) is 38.0 Å². The number of rotatable bonds is 3. The average molecular weight is 297 g/mol. The van der Waals surface area contributed by atoms with Crippen molar-refractivity contribution in [1.29, 1.82) is 0 Å². The summed E-state index contributed by atoms with van der Waals surface area (Å²) >= 11 is 1.54. The van der Waals surface area contributed by atoms with Crippen LogP contribution in [0.4, 0.5) is 5.69 Å². The molecule has 1 saturated heterocycles. The second-order valence-corrected chi connectivity index (χ2v) is 7.25. The zero-order chi connectivity index (χ0) is 13.5. The Bertz CT molecular complexity index is 696. The van der Waals surface area contributed by atoms with Crippen molar-refractivity contribution in [3.05, 3.63) is 23.7 Å². The van der Waals surface area contributed by atoms with Crippen molar-refractivity contribution in [3.63, 3.8) is 0 Å². The van der Waals surface area contributed by atoms with Crippen LogP contribution in [0.1, 0.15) is 19.8 Å². The third kappa shape index (κ3) is 2.45. The number of thiazole rings is 1. The van der Waals surface area contributed by atoms with E-state index in [9.17, 15) is 8.42 Å². The summed E-state index contributed by atoms with van der Waals surface area (Å²) in [5.74, 6) is 0. The first-order valence-electron chi connectivity index (χ1n) is 6.19. The molecule has 2 heterocycles. The van der Waals surface area contributed by atoms with E-state index in [1.165, 1.54) is 4.31 Å². The minimum absolute atomic E-state index is 0.0699. The van der Waals surface area contributed by atoms with E-state index in [4.69, 9.17) is 0 Å². The molecule has 0 radical (unpaired) electrons. The lowest BCUT2D eigenvalue weighted by Crippen LogP contribution is -2.37. The lowest BCUT2D eigenvalue weighted by Gasteiger charge is -2.21. The maximum Gasteiger partial charge on any atom is 0.301 e. The topological polar surface area (TPSA) is 62.3 Å². The van der Waals surface area contributed by atoms with Crippen LogP contribution in [0.5, 0.6) is 0 Å². The molecule has 1 atom stereocenters. The van der Waals surface area contributed by atoms with Crippen molar-refractivity contribution in [1.82, 2.24) is 9.29 Å². The highest BCUT2D eigenvalue weighted by Gasteiger charge is 2.31. The lowest BCUT2D eigenvalue weighted by atomic mass is 10.3. The molecule has 7 heteroatoms. The Morgan fingerprint density at radius 1 is 1.47 bits per heavy atom. The fourth-order valence-electron chi connectivity index (χ4n) is 2.39. The van der Waals surface area contributed by atoms with Crippen LogP contribution in [-0.2, 0) is 10.2 Å². The summed E-state index contributed by atoms with van der Waals surface area (Å²) < 4.78 is 29.8. The summed E-state index contributed by atoms with van der Waals surface area (Å²) in [5.41, 5.74) is 3.14. The van der Waals surface area contributed by atoms with Crippen molar-refractivity contribution >= 4 is 37.5 Å². The third-order valence-corrected chi connectivity index (χ3v) is 5.84. The Morgan fingerprint density at radius 2 is 2.32 bits per heavy atom. The average Bonchev–Trinajstić information content (AvgIpc) is 2.96. The van der Waals surface area contributed by atoms with Crippen LogP contribution in [0.15, 0.2) is 23.7 Å². The van der Waals surface area contributed by atoms with Crippen LogP contribution < -0.4 is 4.72 Å². The molecule has 2 aromatic rings. The number of fused-ring (bicyclic) bond motifs is 1. The zero-order valence-electron chi connectivity index (χ0n) is 10.5. The highest BCUT2D eigenvalue weighted by atomic mass is 32.2. The molecule has 1 aromatic carbocycles. The second-order valence-electron chi connectivity index (χ2n) is 4.74. The standard InChI is InChI=1S/C12H15N3O2S2/c1-9-3-2-6-15(9)19(16,17)14-10-4-5-12-11(7-10)13-8-18-12/h4-5,7-9,14H,2-3,6H2,1H3. The number of anilines is 1. The first-order chi connectivity index (χ1) is 9.06. The Kier molecular flexibility index (Phi) is 3.20. The Hall–Kier alpha value is -1.18. The molecule has 0 saturated carbocycles. The Labute approximate surface area is 116 Å². The van der Waals surface area contributed by atoms with Crippen molar-refractivity contribution in [3.8, 4) is 0 Å². The summed E-state index contributed by atoms with van der Waals surface area (Å²) in [6, 6.07) is 5.50. The van der Waals surface area contributed by atoms with Gasteiger partial charge in [-0.2, -0.15) is 12.7 Å². The minimum Gasteiger partial charge on any atom is -0.271 e. The fraction of sp³-hybridized carbons (Fsp3) is 0.417. The van der Waals surface area contributed by atoms with Crippen LogP contribution >= 0.6 is 11.3 Å². The molecule has 0 bridgehead atoms. The van der Waals surface area contributed by atoms with Gasteiger partial charge in [0.2, 0.25) is 0 Å². The van der Waals surface area contributed by atoms with Gasteiger partial charge in [-0.1, -0.05) is 0 Å². The van der Waals surface area contributed by atoms with E-state index in [1.54, 1.807) is 29.0 Å². The molecule has 1 fully saturated rings. The van der Waals surface area contributed by atoms with Gasteiger partial charge in [0.05, 0.1) is 21.4 Å². The summed E-state index contributed by atoms with van der Waals surface area (Å²) in [4.78, 5) is 4.19. The number of hydrogen-bond acceptors (Lipinski definition) is 4. The molecular weight excluding hydrogens is 282 g/mol. The van der Waals surface area contributed by atoms with E-state index in [0.717, 1.165) is 23.1 Å². The minimum atomic E-state index is -3.46. The van der Waals surface area contributed by atoms with E-state index in [0.29, 0.717) is 12.2 Å². The molecule has 3 rings (SSSR count). The van der Waals surface area contributed by atoms with Crippen LogP contribution in [0.25, 0.3) is 10.2 Å². The predicted octanol–water partition coefficient (Wildman–Crippen LogP) is 2.44. The van der Waals surface area contributed by atoms with Gasteiger partial charge in [-0.15, -0.1) is 11.3 Å². The smallest absolute Gasteiger partial charge is 0.271 e. The molecular formula is C12H15N3O2S2. The molecule has 1 aromatic heterocycles. The number of benzene rings is 1. The van der Waals surface area contributed by atoms with Crippen LogP contribution in [0.3, 0.4) is 0 Å². The van der Waals surface area contributed by atoms with Gasteiger partial charge in [0, 0.05) is 12.6 Å². The van der Waals surface area contributed by atoms with Crippen LogP contribution in [0, 0.1) is 0 Å². The number of hydrogen-bond donors (Lipinski definition) is 1. The van der Waals surface area contributed by atoms with Gasteiger partial charge in [0.15, 0.2) is 0 Å². The van der Waals surface area contributed by atoms with Gasteiger partial charge >= 0.3 is 10.2 Å². The van der Waals surface area contributed by atoms with Gasteiger partial charge in [-0.25, -0.2) is 4.98 Å². The van der Waals surface area contributed by atoms with E-state index in [-0.39, 0.29) is 6.04 Å². The summed E-state index contributed by atoms with van der Waals surface area (Å²) in [6.07, 6.45) is 1.85. The second kappa shape index (κ2) is 4.73. The number of nitrogens with zero attached hydrogens (tertiary/aromatic N) is 2. The Balaban J connectivity index is 1.87. The highest BCUT2D eigenvalue weighted by molar-refractivity contribution is 7.90. The first-order valence-corrected chi connectivity index (χ1v) is 8.51. The molecule has 0 spiro atoms. The number of aromatic nitrogens is 1. The van der Waals surface area contributed by atoms with E-state index < -0.39 is 10.2 Å². The molecule has 0 aliphatic carbocycles. The predicted molar refractivity (Wildman–Crippen MR) is 77.6 cm³/mol. The molecule has 0 amide bonds. The molecule has 102 valence electrons. The van der Waals surface area contributed by atoms with Crippen molar-refractivity contribution in [2.45, 2.75) is 25.8 Å². The van der Waals surface area contributed by atoms with Crippen molar-refractivity contribution < 1.29 is 8.42 Å². The molecule has 1 aliphatic rings. The van der Waals surface area contributed by atoms with Crippen LogP contribution in [-0.4, -0.2) is 30.3 Å². The van der Waals surface area contributed by atoms with Crippen molar-refractivity contribution in [2.24, 2.45) is 0 Å². The normalized spacial score (nSPS) is 21.0. The van der Waals surface area contributed by atoms with Crippen LogP contribution in [0.2, 0.25) is 0 Å². The fourth-order valence-corrected chi connectivity index (χ4v) is 4.54. The van der Waals surface area contributed by atoms with Gasteiger partial charge in [-0.3, -0.25) is 4.72 Å². The highest BCUT2D eigenvalue weighted by Crippen LogP contribution is 2.25. The lowest BCUT2D eigenvalue weighted by molar-refractivity contribution is 0.412. The van der Waals surface area contributed by atoms with Gasteiger partial charge in [0.1, 0.15) is 0 Å². The largest absolute Gasteiger partial charge is 0.301 e. The third-order valence-electron chi connectivity index (χ3n) is 3.38. The van der Waals surface area contributed by atoms with E-state index in [1.807, 2.05) is 13.0 Å². The van der Waals surface area contributed by atoms with E-state index in [2.05, 4.69) is 9.71 Å². The summed E-state index contributed by atoms with van der Waals surface area (Å²) in [5, 5.41) is 0.